The average molecular weight is 206 g/mol. The molecule has 0 amide bonds. The zero-order valence-corrected chi connectivity index (χ0v) is 8.46. The van der Waals surface area contributed by atoms with E-state index in [1.165, 1.54) is 0 Å². The molecule has 0 aliphatic rings. The van der Waals surface area contributed by atoms with Crippen molar-refractivity contribution in [2.45, 2.75) is 19.8 Å². The first-order valence-electron chi connectivity index (χ1n) is 2.80. The fourth-order valence-electron chi connectivity index (χ4n) is 0.386. The van der Waals surface area contributed by atoms with E-state index in [9.17, 15) is 0 Å². The Balaban J connectivity index is 3.18. The molecule has 0 aromatic rings. The molecule has 0 unspecified atom stereocenters. The van der Waals surface area contributed by atoms with Crippen LogP contribution in [0.3, 0.4) is 0 Å². The van der Waals surface area contributed by atoms with Crippen LogP contribution in [0.2, 0.25) is 0 Å². The zero-order chi connectivity index (χ0) is 7.33. The van der Waals surface area contributed by atoms with E-state index in [1.807, 2.05) is 0 Å². The average Bonchev–Trinajstić information content (AvgIpc) is 1.63. The van der Waals surface area contributed by atoms with Gasteiger partial charge < -0.3 is 0 Å². The number of halogens is 2. The summed E-state index contributed by atoms with van der Waals surface area (Å²) < 4.78 is 0. The van der Waals surface area contributed by atoms with Crippen molar-refractivity contribution in [3.05, 3.63) is 0 Å². The number of rotatable bonds is 4. The monoisotopic (exact) mass is 205 g/mol. The predicted molar refractivity (Wildman–Crippen MR) is 48.9 cm³/mol. The van der Waals surface area contributed by atoms with Gasteiger partial charge in [0.2, 0.25) is 0 Å². The van der Waals surface area contributed by atoms with Gasteiger partial charge in [-0.2, -0.15) is 0 Å². The van der Waals surface area contributed by atoms with Crippen molar-refractivity contribution in [1.29, 1.82) is 0 Å². The van der Waals surface area contributed by atoms with Crippen LogP contribution in [0.4, 0.5) is 0 Å². The number of unbranched alkanes of at least 4 members (excludes halogenated alkanes) is 1. The lowest BCUT2D eigenvalue weighted by Gasteiger charge is -2.05. The predicted octanol–water partition coefficient (Wildman–Crippen LogP) is 3.08. The Morgan fingerprint density at radius 3 is 2.44 bits per heavy atom. The van der Waals surface area contributed by atoms with E-state index in [0.717, 1.165) is 19.4 Å². The van der Waals surface area contributed by atoms with Crippen LogP contribution in [0.1, 0.15) is 19.8 Å². The first-order valence-corrected chi connectivity index (χ1v) is 7.42. The van der Waals surface area contributed by atoms with Gasteiger partial charge in [-0.1, -0.05) is 35.8 Å². The van der Waals surface area contributed by atoms with Crippen LogP contribution in [0.5, 0.6) is 0 Å². The van der Waals surface area contributed by atoms with Gasteiger partial charge in [-0.25, -0.2) is 0 Å². The SMILES string of the molecule is CCCCNP(=S)(Cl)Cl. The summed E-state index contributed by atoms with van der Waals surface area (Å²) in [6.45, 7) is 2.94. The number of hydrogen-bond acceptors (Lipinski definition) is 1. The van der Waals surface area contributed by atoms with E-state index < -0.39 is 4.89 Å². The van der Waals surface area contributed by atoms with Crippen LogP contribution in [0.25, 0.3) is 0 Å². The fourth-order valence-corrected chi connectivity index (χ4v) is 1.59. The molecule has 9 heavy (non-hydrogen) atoms. The molecule has 5 heteroatoms. The van der Waals surface area contributed by atoms with Gasteiger partial charge in [0.15, 0.2) is 4.89 Å². The second kappa shape index (κ2) is 4.92. The highest BCUT2D eigenvalue weighted by Gasteiger charge is 2.03. The molecule has 0 spiro atoms. The van der Waals surface area contributed by atoms with E-state index in [0.29, 0.717) is 0 Å². The molecular formula is C4H10Cl2NPS. The van der Waals surface area contributed by atoms with E-state index in [4.69, 9.17) is 34.3 Å². The van der Waals surface area contributed by atoms with Gasteiger partial charge in [0.1, 0.15) is 0 Å². The Morgan fingerprint density at radius 1 is 1.56 bits per heavy atom. The van der Waals surface area contributed by atoms with Crippen molar-refractivity contribution in [3.63, 3.8) is 0 Å². The summed E-state index contributed by atoms with van der Waals surface area (Å²) in [6.07, 6.45) is 2.22. The minimum atomic E-state index is -2.17. The van der Waals surface area contributed by atoms with Gasteiger partial charge in [-0.3, -0.25) is 5.09 Å². The summed E-state index contributed by atoms with van der Waals surface area (Å²) in [7, 11) is 0. The van der Waals surface area contributed by atoms with Crippen molar-refractivity contribution < 1.29 is 0 Å². The molecule has 0 aromatic carbocycles. The van der Waals surface area contributed by atoms with Crippen molar-refractivity contribution in [1.82, 2.24) is 5.09 Å². The first kappa shape index (κ1) is 10.2. The van der Waals surface area contributed by atoms with Gasteiger partial charge in [-0.15, -0.1) is 0 Å². The van der Waals surface area contributed by atoms with Gasteiger partial charge in [0, 0.05) is 6.54 Å². The van der Waals surface area contributed by atoms with Crippen LogP contribution in [-0.4, -0.2) is 6.54 Å². The highest BCUT2D eigenvalue weighted by Crippen LogP contribution is 2.52. The second-order valence-corrected chi connectivity index (χ2v) is 9.37. The third kappa shape index (κ3) is 9.19. The summed E-state index contributed by atoms with van der Waals surface area (Å²) in [4.78, 5) is -2.17. The Morgan fingerprint density at radius 2 is 2.11 bits per heavy atom. The molecule has 0 heterocycles. The molecule has 56 valence electrons. The van der Waals surface area contributed by atoms with Crippen molar-refractivity contribution >= 4 is 39.2 Å². The molecule has 0 saturated heterocycles. The molecule has 0 aliphatic heterocycles. The Hall–Kier alpha value is 1.19. The van der Waals surface area contributed by atoms with E-state index in [2.05, 4.69) is 12.0 Å². The third-order valence-electron chi connectivity index (χ3n) is 0.826. The highest BCUT2D eigenvalue weighted by molar-refractivity contribution is 8.38. The number of nitrogens with one attached hydrogen (secondary N) is 1. The van der Waals surface area contributed by atoms with E-state index in [-0.39, 0.29) is 0 Å². The highest BCUT2D eigenvalue weighted by atomic mass is 35.9. The summed E-state index contributed by atoms with van der Waals surface area (Å²) in [5.74, 6) is 0. The molecule has 1 N–H and O–H groups in total. The molecule has 0 radical (unpaired) electrons. The lowest BCUT2D eigenvalue weighted by atomic mass is 10.3. The molecule has 0 fully saturated rings. The number of hydrogen-bond donors (Lipinski definition) is 1. The molecule has 0 aromatic heterocycles. The lowest BCUT2D eigenvalue weighted by Crippen LogP contribution is -2.04. The molecular weight excluding hydrogens is 196 g/mol. The minimum absolute atomic E-state index is 0.834. The molecule has 0 atom stereocenters. The van der Waals surface area contributed by atoms with Gasteiger partial charge >= 0.3 is 0 Å². The van der Waals surface area contributed by atoms with E-state index in [1.54, 1.807) is 0 Å². The Kier molecular flexibility index (Phi) is 5.57. The lowest BCUT2D eigenvalue weighted by molar-refractivity contribution is 0.774. The van der Waals surface area contributed by atoms with Gasteiger partial charge in [0.05, 0.1) is 0 Å². The Bertz CT molecular complexity index is 113. The molecule has 0 rings (SSSR count). The standard InChI is InChI=1S/C4H10Cl2NPS/c1-2-3-4-7-8(5,6)9/h2-4H2,1H3,(H,7,9). The van der Waals surface area contributed by atoms with Crippen molar-refractivity contribution in [2.75, 3.05) is 6.54 Å². The van der Waals surface area contributed by atoms with Crippen LogP contribution in [0, 0.1) is 0 Å². The quantitative estimate of drug-likeness (QED) is 0.560. The largest absolute Gasteiger partial charge is 0.265 e. The minimum Gasteiger partial charge on any atom is -0.265 e. The smallest absolute Gasteiger partial charge is 0.181 e. The second-order valence-electron chi connectivity index (χ2n) is 1.72. The molecule has 1 nitrogen and oxygen atoms in total. The third-order valence-corrected chi connectivity index (χ3v) is 2.52. The summed E-state index contributed by atoms with van der Waals surface area (Å²) in [6, 6.07) is 0. The normalized spacial score (nSPS) is 11.9. The molecule has 0 aliphatic carbocycles. The van der Waals surface area contributed by atoms with E-state index >= 15 is 0 Å². The molecule has 0 bridgehead atoms. The maximum Gasteiger partial charge on any atom is 0.181 e. The van der Waals surface area contributed by atoms with Crippen molar-refractivity contribution in [3.8, 4) is 0 Å². The van der Waals surface area contributed by atoms with Crippen LogP contribution in [-0.2, 0) is 11.8 Å². The van der Waals surface area contributed by atoms with Gasteiger partial charge in [-0.05, 0) is 18.2 Å². The maximum atomic E-state index is 5.55. The van der Waals surface area contributed by atoms with Crippen LogP contribution < -0.4 is 5.09 Å². The summed E-state index contributed by atoms with van der Waals surface area (Å²) in [5, 5.41) is 2.88. The topological polar surface area (TPSA) is 12.0 Å². The Labute approximate surface area is 70.8 Å². The fraction of sp³-hybridized carbons (Fsp3) is 1.00. The first-order chi connectivity index (χ1) is 4.06. The summed E-state index contributed by atoms with van der Waals surface area (Å²) >= 11 is 15.8. The zero-order valence-electron chi connectivity index (χ0n) is 5.23. The molecule has 0 saturated carbocycles. The summed E-state index contributed by atoms with van der Waals surface area (Å²) in [5.41, 5.74) is 0. The van der Waals surface area contributed by atoms with Crippen LogP contribution >= 0.6 is 27.4 Å². The van der Waals surface area contributed by atoms with Crippen LogP contribution in [0.15, 0.2) is 0 Å². The maximum absolute atomic E-state index is 5.55. The van der Waals surface area contributed by atoms with Crippen molar-refractivity contribution in [2.24, 2.45) is 0 Å². The van der Waals surface area contributed by atoms with Gasteiger partial charge in [0.25, 0.3) is 0 Å².